The van der Waals surface area contributed by atoms with Crippen LogP contribution in [0.1, 0.15) is 37.9 Å². The fraction of sp³-hybridized carbons (Fsp3) is 0.333. The zero-order chi connectivity index (χ0) is 28.7. The van der Waals surface area contributed by atoms with E-state index in [2.05, 4.69) is 16.5 Å². The highest BCUT2D eigenvalue weighted by Gasteiger charge is 2.31. The topological polar surface area (TPSA) is 87.4 Å². The average molecular weight is 563 g/mol. The van der Waals surface area contributed by atoms with Gasteiger partial charge in [0, 0.05) is 37.4 Å². The number of hydrogen-bond acceptors (Lipinski definition) is 7. The fourth-order valence-corrected chi connectivity index (χ4v) is 5.65. The van der Waals surface area contributed by atoms with Crippen molar-refractivity contribution in [3.63, 3.8) is 0 Å². The number of rotatable bonds is 6. The van der Waals surface area contributed by atoms with Crippen LogP contribution in [0.5, 0.6) is 0 Å². The first-order valence-electron chi connectivity index (χ1n) is 13.3. The molecule has 8 nitrogen and oxygen atoms in total. The number of anilines is 1. The standard InChI is InChI=1S/C30H32ClFN6O2/c1-6-25(39)36-13-14-37(18(4)16-36)28-22-15-23(31)26(21-9-7-8-10-24(21)32)34-29(22)38(30(40)35-28)27-19(5)33-12-11-20(27)17(2)3/h6-12,15,17-18,25,39H,1,13-14,16H2,2-5H3/t18-,25?/m0/s1. The maximum Gasteiger partial charge on any atom is 0.355 e. The molecule has 0 bridgehead atoms. The van der Waals surface area contributed by atoms with E-state index in [0.29, 0.717) is 47.9 Å². The summed E-state index contributed by atoms with van der Waals surface area (Å²) >= 11 is 6.76. The van der Waals surface area contributed by atoms with Crippen molar-refractivity contribution in [3.05, 3.63) is 87.8 Å². The molecule has 2 atom stereocenters. The average Bonchev–Trinajstić information content (AvgIpc) is 2.93. The number of hydrogen-bond donors (Lipinski definition) is 1. The van der Waals surface area contributed by atoms with Gasteiger partial charge in [0.1, 0.15) is 17.9 Å². The van der Waals surface area contributed by atoms with Crippen LogP contribution < -0.4 is 10.6 Å². The number of aromatic nitrogens is 4. The summed E-state index contributed by atoms with van der Waals surface area (Å²) in [7, 11) is 0. The Morgan fingerprint density at radius 2 is 1.95 bits per heavy atom. The normalized spacial score (nSPS) is 17.0. The third-order valence-corrected chi connectivity index (χ3v) is 7.72. The van der Waals surface area contributed by atoms with Crippen LogP contribution in [0.3, 0.4) is 0 Å². The van der Waals surface area contributed by atoms with Gasteiger partial charge in [0.25, 0.3) is 0 Å². The van der Waals surface area contributed by atoms with Crippen LogP contribution in [-0.4, -0.2) is 61.4 Å². The highest BCUT2D eigenvalue weighted by atomic mass is 35.5. The van der Waals surface area contributed by atoms with Gasteiger partial charge in [-0.2, -0.15) is 4.98 Å². The van der Waals surface area contributed by atoms with E-state index in [4.69, 9.17) is 16.6 Å². The van der Waals surface area contributed by atoms with Crippen LogP contribution in [-0.2, 0) is 0 Å². The molecule has 0 saturated carbocycles. The van der Waals surface area contributed by atoms with E-state index in [1.165, 1.54) is 16.7 Å². The zero-order valence-corrected chi connectivity index (χ0v) is 23.7. The first-order valence-corrected chi connectivity index (χ1v) is 13.7. The Labute approximate surface area is 237 Å². The second-order valence-electron chi connectivity index (χ2n) is 10.4. The monoisotopic (exact) mass is 562 g/mol. The summed E-state index contributed by atoms with van der Waals surface area (Å²) < 4.78 is 16.4. The van der Waals surface area contributed by atoms with Gasteiger partial charge >= 0.3 is 5.69 Å². The molecule has 5 rings (SSSR count). The molecular weight excluding hydrogens is 531 g/mol. The van der Waals surface area contributed by atoms with E-state index in [-0.39, 0.29) is 28.2 Å². The molecule has 1 N–H and O–H groups in total. The van der Waals surface area contributed by atoms with E-state index in [1.807, 2.05) is 43.6 Å². The lowest BCUT2D eigenvalue weighted by Gasteiger charge is -2.42. The lowest BCUT2D eigenvalue weighted by Crippen LogP contribution is -2.55. The van der Waals surface area contributed by atoms with Gasteiger partial charge in [0.15, 0.2) is 5.65 Å². The van der Waals surface area contributed by atoms with Crippen molar-refractivity contribution < 1.29 is 9.50 Å². The van der Waals surface area contributed by atoms with Crippen LogP contribution in [0.2, 0.25) is 5.02 Å². The van der Waals surface area contributed by atoms with E-state index < -0.39 is 17.7 Å². The zero-order valence-electron chi connectivity index (χ0n) is 23.0. The Balaban J connectivity index is 1.81. The first-order chi connectivity index (χ1) is 19.1. The predicted octanol–water partition coefficient (Wildman–Crippen LogP) is 5.08. The van der Waals surface area contributed by atoms with Crippen LogP contribution >= 0.6 is 11.6 Å². The van der Waals surface area contributed by atoms with Crippen molar-refractivity contribution in [2.45, 2.75) is 45.9 Å². The highest BCUT2D eigenvalue weighted by molar-refractivity contribution is 6.33. The summed E-state index contributed by atoms with van der Waals surface area (Å²) in [6, 6.07) is 9.79. The molecule has 40 heavy (non-hydrogen) atoms. The lowest BCUT2D eigenvalue weighted by atomic mass is 10.0. The summed E-state index contributed by atoms with van der Waals surface area (Å²) in [4.78, 5) is 31.8. The first kappa shape index (κ1) is 27.9. The van der Waals surface area contributed by atoms with Crippen LogP contribution in [0.4, 0.5) is 10.2 Å². The second kappa shape index (κ2) is 11.1. The molecule has 1 aliphatic heterocycles. The summed E-state index contributed by atoms with van der Waals surface area (Å²) in [6.07, 6.45) is 2.45. The van der Waals surface area contributed by atoms with Crippen molar-refractivity contribution in [1.29, 1.82) is 0 Å². The van der Waals surface area contributed by atoms with Crippen molar-refractivity contribution in [2.24, 2.45) is 0 Å². The Kier molecular flexibility index (Phi) is 7.72. The summed E-state index contributed by atoms with van der Waals surface area (Å²) in [5, 5.41) is 11.1. The molecule has 10 heteroatoms. The van der Waals surface area contributed by atoms with Crippen LogP contribution in [0.15, 0.2) is 60.0 Å². The molecule has 1 aromatic carbocycles. The molecule has 3 aromatic heterocycles. The molecule has 0 aliphatic carbocycles. The number of aliphatic hydroxyl groups excluding tert-OH is 1. The number of piperazine rings is 1. The van der Waals surface area contributed by atoms with Crippen molar-refractivity contribution >= 4 is 28.5 Å². The largest absolute Gasteiger partial charge is 0.375 e. The van der Waals surface area contributed by atoms with Gasteiger partial charge in [-0.25, -0.2) is 18.7 Å². The Bertz CT molecular complexity index is 1660. The quantitative estimate of drug-likeness (QED) is 0.328. The summed E-state index contributed by atoms with van der Waals surface area (Å²) in [5.74, 6) is 0.0602. The summed E-state index contributed by atoms with van der Waals surface area (Å²) in [5.41, 5.74) is 2.43. The molecule has 4 aromatic rings. The molecule has 1 fully saturated rings. The molecule has 208 valence electrons. The molecular formula is C30H32ClFN6O2. The van der Waals surface area contributed by atoms with Gasteiger partial charge in [0.2, 0.25) is 0 Å². The van der Waals surface area contributed by atoms with Gasteiger partial charge in [-0.3, -0.25) is 9.88 Å². The van der Waals surface area contributed by atoms with E-state index in [1.54, 1.807) is 30.5 Å². The Morgan fingerprint density at radius 3 is 2.62 bits per heavy atom. The number of pyridine rings is 2. The van der Waals surface area contributed by atoms with Crippen molar-refractivity contribution in [1.82, 2.24) is 24.4 Å². The van der Waals surface area contributed by atoms with Crippen molar-refractivity contribution in [2.75, 3.05) is 24.5 Å². The van der Waals surface area contributed by atoms with Crippen molar-refractivity contribution in [3.8, 4) is 16.9 Å². The molecule has 1 unspecified atom stereocenters. The predicted molar refractivity (Wildman–Crippen MR) is 157 cm³/mol. The van der Waals surface area contributed by atoms with E-state index in [9.17, 15) is 14.3 Å². The third kappa shape index (κ3) is 4.89. The molecule has 4 heterocycles. The summed E-state index contributed by atoms with van der Waals surface area (Å²) in [6.45, 7) is 13.2. The van der Waals surface area contributed by atoms with Crippen LogP contribution in [0.25, 0.3) is 28.0 Å². The SMILES string of the molecule is C=CC(O)N1CCN(c2nc(=O)n(-c3c(C(C)C)ccnc3C)c3nc(-c4ccccc4F)c(Cl)cc23)[C@@H](C)C1. The number of benzene rings is 1. The fourth-order valence-electron chi connectivity index (χ4n) is 5.39. The van der Waals surface area contributed by atoms with E-state index in [0.717, 1.165) is 5.56 Å². The molecule has 1 saturated heterocycles. The number of fused-ring (bicyclic) bond motifs is 1. The smallest absolute Gasteiger partial charge is 0.355 e. The molecule has 1 aliphatic rings. The van der Waals surface area contributed by atoms with Gasteiger partial charge in [-0.15, -0.1) is 0 Å². The highest BCUT2D eigenvalue weighted by Crippen LogP contribution is 2.36. The molecule has 0 radical (unpaired) electrons. The number of halogens is 2. The van der Waals surface area contributed by atoms with E-state index >= 15 is 0 Å². The maximum atomic E-state index is 14.9. The minimum Gasteiger partial charge on any atom is -0.375 e. The molecule has 0 spiro atoms. The second-order valence-corrected chi connectivity index (χ2v) is 10.8. The number of nitrogens with zero attached hydrogens (tertiary/aromatic N) is 6. The van der Waals surface area contributed by atoms with Gasteiger partial charge in [-0.1, -0.05) is 44.2 Å². The minimum absolute atomic E-state index is 0.0843. The number of aliphatic hydroxyl groups is 1. The number of aryl methyl sites for hydroxylation is 1. The minimum atomic E-state index is -0.759. The Hall–Kier alpha value is -3.66. The van der Waals surface area contributed by atoms with Gasteiger partial charge in [-0.05, 0) is 55.7 Å². The maximum absolute atomic E-state index is 14.9. The van der Waals surface area contributed by atoms with Crippen LogP contribution in [0, 0.1) is 12.7 Å². The van der Waals surface area contributed by atoms with Gasteiger partial charge in [0.05, 0.1) is 27.5 Å². The van der Waals surface area contributed by atoms with Gasteiger partial charge < -0.3 is 10.0 Å². The third-order valence-electron chi connectivity index (χ3n) is 7.43. The Morgan fingerprint density at radius 1 is 1.20 bits per heavy atom. The lowest BCUT2D eigenvalue weighted by molar-refractivity contribution is 0.0296. The molecule has 0 amide bonds.